The highest BCUT2D eigenvalue weighted by atomic mass is 35.5. The van der Waals surface area contributed by atoms with Crippen LogP contribution in [0.5, 0.6) is 0 Å². The lowest BCUT2D eigenvalue weighted by atomic mass is 10.1. The molecule has 2 aromatic rings. The third kappa shape index (κ3) is 2.74. The molecule has 3 rings (SSSR count). The van der Waals surface area contributed by atoms with Gasteiger partial charge in [0.15, 0.2) is 0 Å². The minimum absolute atomic E-state index is 0.151. The monoisotopic (exact) mass is 289 g/mol. The molecule has 1 heterocycles. The van der Waals surface area contributed by atoms with E-state index < -0.39 is 0 Å². The van der Waals surface area contributed by atoms with E-state index in [2.05, 4.69) is 37.1 Å². The van der Waals surface area contributed by atoms with Gasteiger partial charge in [-0.3, -0.25) is 0 Å². The van der Waals surface area contributed by atoms with Crippen molar-refractivity contribution in [3.63, 3.8) is 0 Å². The molecule has 0 radical (unpaired) electrons. The molecule has 0 amide bonds. The van der Waals surface area contributed by atoms with Gasteiger partial charge in [0, 0.05) is 41.2 Å². The average molecular weight is 290 g/mol. The Morgan fingerprint density at radius 1 is 1.35 bits per heavy atom. The highest BCUT2D eigenvalue weighted by Gasteiger charge is 2.22. The maximum absolute atomic E-state index is 6.04. The van der Waals surface area contributed by atoms with Gasteiger partial charge < -0.3 is 10.3 Å². The van der Waals surface area contributed by atoms with Gasteiger partial charge in [-0.1, -0.05) is 17.7 Å². The standard InChI is InChI=1S/C16H20ClN3/c1-16(2,3)18-7-6-14-19-13-9-10-8-11(17)4-5-12(10)15(13)20-14/h4-5,8,18H,6-7,9H2,1-3H3,(H,19,20). The van der Waals surface area contributed by atoms with E-state index in [1.54, 1.807) is 0 Å². The first-order valence-corrected chi connectivity index (χ1v) is 7.42. The predicted octanol–water partition coefficient (Wildman–Crippen LogP) is 3.56. The van der Waals surface area contributed by atoms with E-state index in [0.717, 1.165) is 35.9 Å². The van der Waals surface area contributed by atoms with Crippen molar-refractivity contribution in [1.82, 2.24) is 15.3 Å². The van der Waals surface area contributed by atoms with Gasteiger partial charge in [-0.2, -0.15) is 0 Å². The van der Waals surface area contributed by atoms with Gasteiger partial charge in [-0.05, 0) is 38.5 Å². The maximum Gasteiger partial charge on any atom is 0.108 e. The van der Waals surface area contributed by atoms with Crippen molar-refractivity contribution >= 4 is 11.6 Å². The molecule has 1 aliphatic rings. The zero-order chi connectivity index (χ0) is 14.3. The maximum atomic E-state index is 6.04. The Morgan fingerprint density at radius 2 is 2.15 bits per heavy atom. The van der Waals surface area contributed by atoms with Crippen molar-refractivity contribution in [3.8, 4) is 11.3 Å². The van der Waals surface area contributed by atoms with E-state index >= 15 is 0 Å². The highest BCUT2D eigenvalue weighted by Crippen LogP contribution is 2.36. The summed E-state index contributed by atoms with van der Waals surface area (Å²) >= 11 is 6.04. The fraction of sp³-hybridized carbons (Fsp3) is 0.438. The van der Waals surface area contributed by atoms with Crippen molar-refractivity contribution in [2.24, 2.45) is 0 Å². The lowest BCUT2D eigenvalue weighted by Gasteiger charge is -2.19. The Labute approximate surface area is 124 Å². The van der Waals surface area contributed by atoms with E-state index in [1.165, 1.54) is 16.8 Å². The van der Waals surface area contributed by atoms with E-state index in [4.69, 9.17) is 16.6 Å². The van der Waals surface area contributed by atoms with Gasteiger partial charge in [-0.25, -0.2) is 4.98 Å². The summed E-state index contributed by atoms with van der Waals surface area (Å²) in [7, 11) is 0. The summed E-state index contributed by atoms with van der Waals surface area (Å²) in [6.07, 6.45) is 1.83. The number of halogens is 1. The van der Waals surface area contributed by atoms with Gasteiger partial charge in [-0.15, -0.1) is 0 Å². The zero-order valence-corrected chi connectivity index (χ0v) is 12.9. The molecule has 0 saturated heterocycles. The summed E-state index contributed by atoms with van der Waals surface area (Å²) in [5, 5.41) is 4.28. The molecule has 4 heteroatoms. The van der Waals surface area contributed by atoms with Gasteiger partial charge >= 0.3 is 0 Å². The van der Waals surface area contributed by atoms with Crippen molar-refractivity contribution in [1.29, 1.82) is 0 Å². The summed E-state index contributed by atoms with van der Waals surface area (Å²) in [5.74, 6) is 1.06. The van der Waals surface area contributed by atoms with Crippen LogP contribution in [0.15, 0.2) is 18.2 Å². The lowest BCUT2D eigenvalue weighted by molar-refractivity contribution is 0.427. The molecule has 1 aromatic heterocycles. The molecular formula is C16H20ClN3. The molecule has 0 aliphatic heterocycles. The fourth-order valence-electron chi connectivity index (χ4n) is 2.62. The Hall–Kier alpha value is -1.32. The number of aromatic amines is 1. The van der Waals surface area contributed by atoms with Crippen LogP contribution >= 0.6 is 11.6 Å². The Balaban J connectivity index is 1.74. The Morgan fingerprint density at radius 3 is 2.90 bits per heavy atom. The minimum atomic E-state index is 0.151. The van der Waals surface area contributed by atoms with Gasteiger partial charge in [0.25, 0.3) is 0 Å². The average Bonchev–Trinajstić information content (AvgIpc) is 2.83. The molecule has 1 aliphatic carbocycles. The number of benzene rings is 1. The first kappa shape index (κ1) is 13.7. The molecule has 2 N–H and O–H groups in total. The smallest absolute Gasteiger partial charge is 0.108 e. The number of aromatic nitrogens is 2. The quantitative estimate of drug-likeness (QED) is 0.774. The second-order valence-corrected chi connectivity index (χ2v) is 6.85. The van der Waals surface area contributed by atoms with Gasteiger partial charge in [0.05, 0.1) is 5.69 Å². The van der Waals surface area contributed by atoms with Crippen LogP contribution in [-0.4, -0.2) is 22.1 Å². The van der Waals surface area contributed by atoms with Crippen LogP contribution in [0.3, 0.4) is 0 Å². The first-order chi connectivity index (χ1) is 9.42. The Bertz CT molecular complexity index is 638. The molecule has 0 saturated carbocycles. The molecule has 106 valence electrons. The lowest BCUT2D eigenvalue weighted by Crippen LogP contribution is -2.37. The van der Waals surface area contributed by atoms with Crippen LogP contribution in [0, 0.1) is 0 Å². The van der Waals surface area contributed by atoms with E-state index in [1.807, 2.05) is 12.1 Å². The minimum Gasteiger partial charge on any atom is -0.345 e. The molecule has 0 bridgehead atoms. The Kier molecular flexibility index (Phi) is 3.35. The topological polar surface area (TPSA) is 40.7 Å². The van der Waals surface area contributed by atoms with Crippen LogP contribution in [-0.2, 0) is 12.8 Å². The van der Waals surface area contributed by atoms with Crippen LogP contribution in [0.2, 0.25) is 5.02 Å². The summed E-state index contributed by atoms with van der Waals surface area (Å²) in [6, 6.07) is 6.04. The van der Waals surface area contributed by atoms with E-state index in [-0.39, 0.29) is 5.54 Å². The molecule has 0 unspecified atom stereocenters. The summed E-state index contributed by atoms with van der Waals surface area (Å²) in [5.41, 5.74) is 4.95. The number of fused-ring (bicyclic) bond motifs is 3. The summed E-state index contributed by atoms with van der Waals surface area (Å²) < 4.78 is 0. The van der Waals surface area contributed by atoms with E-state index in [9.17, 15) is 0 Å². The van der Waals surface area contributed by atoms with Gasteiger partial charge in [0.2, 0.25) is 0 Å². The van der Waals surface area contributed by atoms with E-state index in [0.29, 0.717) is 0 Å². The molecule has 0 spiro atoms. The molecule has 3 nitrogen and oxygen atoms in total. The van der Waals surface area contributed by atoms with Crippen molar-refractivity contribution in [2.45, 2.75) is 39.2 Å². The molecule has 0 atom stereocenters. The predicted molar refractivity (Wildman–Crippen MR) is 83.3 cm³/mol. The SMILES string of the molecule is CC(C)(C)NCCc1nc2c([nH]1)Cc1cc(Cl)ccc1-2. The van der Waals surface area contributed by atoms with Crippen molar-refractivity contribution in [2.75, 3.05) is 6.54 Å². The number of rotatable bonds is 3. The van der Waals surface area contributed by atoms with Gasteiger partial charge in [0.1, 0.15) is 5.82 Å². The second-order valence-electron chi connectivity index (χ2n) is 6.42. The third-order valence-electron chi connectivity index (χ3n) is 3.53. The fourth-order valence-corrected chi connectivity index (χ4v) is 2.81. The highest BCUT2D eigenvalue weighted by molar-refractivity contribution is 6.30. The largest absolute Gasteiger partial charge is 0.345 e. The summed E-state index contributed by atoms with van der Waals surface area (Å²) in [4.78, 5) is 8.19. The molecule has 1 aromatic carbocycles. The third-order valence-corrected chi connectivity index (χ3v) is 3.77. The van der Waals surface area contributed by atoms with Crippen LogP contribution in [0.25, 0.3) is 11.3 Å². The number of H-pyrrole nitrogens is 1. The zero-order valence-electron chi connectivity index (χ0n) is 12.2. The number of nitrogens with one attached hydrogen (secondary N) is 2. The molecular weight excluding hydrogens is 270 g/mol. The normalized spacial score (nSPS) is 13.4. The van der Waals surface area contributed by atoms with Crippen molar-refractivity contribution in [3.05, 3.63) is 40.3 Å². The second kappa shape index (κ2) is 4.90. The number of nitrogens with zero attached hydrogens (tertiary/aromatic N) is 1. The van der Waals surface area contributed by atoms with Crippen LogP contribution in [0.1, 0.15) is 37.9 Å². The van der Waals surface area contributed by atoms with Crippen LogP contribution < -0.4 is 5.32 Å². The number of hydrogen-bond donors (Lipinski definition) is 2. The summed E-state index contributed by atoms with van der Waals surface area (Å²) in [6.45, 7) is 7.46. The van der Waals surface area contributed by atoms with Crippen LogP contribution in [0.4, 0.5) is 0 Å². The first-order valence-electron chi connectivity index (χ1n) is 7.04. The number of hydrogen-bond acceptors (Lipinski definition) is 2. The molecule has 0 fully saturated rings. The molecule has 20 heavy (non-hydrogen) atoms. The number of imidazole rings is 1. The van der Waals surface area contributed by atoms with Crippen molar-refractivity contribution < 1.29 is 0 Å².